The highest BCUT2D eigenvalue weighted by Gasteiger charge is 2.35. The Balaban J connectivity index is 1.49. The summed E-state index contributed by atoms with van der Waals surface area (Å²) in [5, 5.41) is 1.30. The Hall–Kier alpha value is -1.50. The van der Waals surface area contributed by atoms with Crippen LogP contribution in [0.25, 0.3) is 10.9 Å². The normalized spacial score (nSPS) is 22.8. The second kappa shape index (κ2) is 8.70. The highest BCUT2D eigenvalue weighted by atomic mass is 35.5. The number of carbonyl (C=O) groups excluding carboxylic acids is 1. The summed E-state index contributed by atoms with van der Waals surface area (Å²) in [4.78, 5) is 13.0. The van der Waals surface area contributed by atoms with Gasteiger partial charge >= 0.3 is 0 Å². The number of carbonyl (C=O) groups is 1. The summed E-state index contributed by atoms with van der Waals surface area (Å²) in [6.45, 7) is 2.28. The van der Waals surface area contributed by atoms with E-state index in [2.05, 4.69) is 0 Å². The molecule has 1 saturated heterocycles. The summed E-state index contributed by atoms with van der Waals surface area (Å²) < 4.78 is 39.9. The number of alkyl halides is 2. The standard InChI is InChI=1S/C22H26ClF2NO3/c23-18-2-1-3-19-21(18)17(13-26(19)12-16-14-28-10-11-29-16)20(27)5-4-15-6-8-22(24,25)9-7-15/h1-3,13,15-16H,4-12,14H2. The van der Waals surface area contributed by atoms with Gasteiger partial charge in [-0.2, -0.15) is 0 Å². The van der Waals surface area contributed by atoms with Crippen LogP contribution in [0.1, 0.15) is 48.9 Å². The highest BCUT2D eigenvalue weighted by Crippen LogP contribution is 2.38. The molecule has 2 heterocycles. The topological polar surface area (TPSA) is 40.5 Å². The summed E-state index contributed by atoms with van der Waals surface area (Å²) in [5.74, 6) is -2.33. The van der Waals surface area contributed by atoms with E-state index in [1.807, 2.05) is 22.9 Å². The van der Waals surface area contributed by atoms with Crippen molar-refractivity contribution in [3.8, 4) is 0 Å². The van der Waals surface area contributed by atoms with Crippen molar-refractivity contribution in [2.75, 3.05) is 19.8 Å². The second-order valence-corrected chi connectivity index (χ2v) is 8.57. The minimum absolute atomic E-state index is 0.0139. The molecule has 1 saturated carbocycles. The van der Waals surface area contributed by atoms with E-state index in [-0.39, 0.29) is 30.6 Å². The molecule has 29 heavy (non-hydrogen) atoms. The number of hydrogen-bond donors (Lipinski definition) is 0. The molecule has 7 heteroatoms. The minimum Gasteiger partial charge on any atom is -0.376 e. The molecule has 1 aliphatic heterocycles. The molecule has 1 atom stereocenters. The molecule has 2 aromatic rings. The Morgan fingerprint density at radius 2 is 2.03 bits per heavy atom. The minimum atomic E-state index is -2.54. The van der Waals surface area contributed by atoms with Gasteiger partial charge in [-0.05, 0) is 37.3 Å². The molecule has 0 N–H and O–H groups in total. The quantitative estimate of drug-likeness (QED) is 0.574. The summed E-state index contributed by atoms with van der Waals surface area (Å²) in [6, 6.07) is 5.61. The summed E-state index contributed by atoms with van der Waals surface area (Å²) in [7, 11) is 0. The third-order valence-corrected chi connectivity index (χ3v) is 6.37. The molecule has 0 bridgehead atoms. The molecule has 1 aromatic heterocycles. The van der Waals surface area contributed by atoms with E-state index < -0.39 is 5.92 Å². The predicted octanol–water partition coefficient (Wildman–Crippen LogP) is 5.50. The van der Waals surface area contributed by atoms with Crippen LogP contribution in [-0.4, -0.2) is 42.2 Å². The van der Waals surface area contributed by atoms with E-state index in [1.165, 1.54) is 0 Å². The summed E-state index contributed by atoms with van der Waals surface area (Å²) in [6.07, 6.45) is 3.62. The van der Waals surface area contributed by atoms with E-state index in [4.69, 9.17) is 21.1 Å². The maximum absolute atomic E-state index is 13.4. The van der Waals surface area contributed by atoms with Gasteiger partial charge in [0, 0.05) is 36.4 Å². The first-order valence-electron chi connectivity index (χ1n) is 10.3. The maximum Gasteiger partial charge on any atom is 0.248 e. The van der Waals surface area contributed by atoms with Gasteiger partial charge in [0.15, 0.2) is 5.78 Å². The van der Waals surface area contributed by atoms with Crippen molar-refractivity contribution < 1.29 is 23.0 Å². The molecular weight excluding hydrogens is 400 g/mol. The number of ketones is 1. The van der Waals surface area contributed by atoms with Crippen LogP contribution in [0.2, 0.25) is 5.02 Å². The molecule has 4 nitrogen and oxygen atoms in total. The van der Waals surface area contributed by atoms with Crippen molar-refractivity contribution in [3.63, 3.8) is 0 Å². The van der Waals surface area contributed by atoms with E-state index in [0.717, 1.165) is 10.9 Å². The number of nitrogens with zero attached hydrogens (tertiary/aromatic N) is 1. The largest absolute Gasteiger partial charge is 0.376 e. The van der Waals surface area contributed by atoms with Gasteiger partial charge < -0.3 is 14.0 Å². The van der Waals surface area contributed by atoms with Gasteiger partial charge in [-0.15, -0.1) is 0 Å². The van der Waals surface area contributed by atoms with Crippen molar-refractivity contribution in [2.24, 2.45) is 5.92 Å². The molecule has 0 amide bonds. The molecule has 158 valence electrons. The lowest BCUT2D eigenvalue weighted by Crippen LogP contribution is -2.32. The smallest absolute Gasteiger partial charge is 0.248 e. The van der Waals surface area contributed by atoms with Crippen LogP contribution in [0, 0.1) is 5.92 Å². The van der Waals surface area contributed by atoms with Gasteiger partial charge in [-0.3, -0.25) is 4.79 Å². The van der Waals surface area contributed by atoms with Gasteiger partial charge in [0.05, 0.1) is 43.0 Å². The zero-order valence-corrected chi connectivity index (χ0v) is 17.1. The van der Waals surface area contributed by atoms with E-state index >= 15 is 0 Å². The number of fused-ring (bicyclic) bond motifs is 1. The van der Waals surface area contributed by atoms with Crippen LogP contribution < -0.4 is 0 Å². The molecule has 0 radical (unpaired) electrons. The van der Waals surface area contributed by atoms with E-state index in [1.54, 1.807) is 6.07 Å². The Morgan fingerprint density at radius 1 is 1.24 bits per heavy atom. The monoisotopic (exact) mass is 425 g/mol. The third-order valence-electron chi connectivity index (χ3n) is 6.06. The first kappa shape index (κ1) is 20.8. The van der Waals surface area contributed by atoms with Crippen LogP contribution >= 0.6 is 11.6 Å². The number of hydrogen-bond acceptors (Lipinski definition) is 3. The van der Waals surface area contributed by atoms with Gasteiger partial charge in [0.2, 0.25) is 5.92 Å². The molecular formula is C22H26ClF2NO3. The molecule has 1 aliphatic carbocycles. The fraction of sp³-hybridized carbons (Fsp3) is 0.591. The van der Waals surface area contributed by atoms with Crippen LogP contribution in [0.3, 0.4) is 0 Å². The Bertz CT molecular complexity index is 866. The van der Waals surface area contributed by atoms with Crippen molar-refractivity contribution in [3.05, 3.63) is 35.0 Å². The van der Waals surface area contributed by atoms with Gasteiger partial charge in [-0.25, -0.2) is 8.78 Å². The van der Waals surface area contributed by atoms with Crippen molar-refractivity contribution in [1.29, 1.82) is 0 Å². The fourth-order valence-corrected chi connectivity index (χ4v) is 4.66. The zero-order chi connectivity index (χ0) is 20.4. The Labute approximate surface area is 174 Å². The van der Waals surface area contributed by atoms with Crippen LogP contribution in [0.4, 0.5) is 8.78 Å². The molecule has 4 rings (SSSR count). The second-order valence-electron chi connectivity index (χ2n) is 8.16. The lowest BCUT2D eigenvalue weighted by Gasteiger charge is -2.27. The first-order valence-corrected chi connectivity index (χ1v) is 10.7. The number of halogens is 3. The molecule has 0 spiro atoms. The highest BCUT2D eigenvalue weighted by molar-refractivity contribution is 6.37. The Kier molecular flexibility index (Phi) is 6.23. The molecule has 1 aromatic carbocycles. The Morgan fingerprint density at radius 3 is 2.76 bits per heavy atom. The van der Waals surface area contributed by atoms with Crippen LogP contribution in [-0.2, 0) is 16.0 Å². The van der Waals surface area contributed by atoms with Gasteiger partial charge in [0.25, 0.3) is 0 Å². The number of aromatic nitrogens is 1. The van der Waals surface area contributed by atoms with Crippen molar-refractivity contribution in [1.82, 2.24) is 4.57 Å². The predicted molar refractivity (Wildman–Crippen MR) is 108 cm³/mol. The summed E-state index contributed by atoms with van der Waals surface area (Å²) in [5.41, 5.74) is 1.50. The first-order chi connectivity index (χ1) is 13.9. The molecule has 1 unspecified atom stereocenters. The summed E-state index contributed by atoms with van der Waals surface area (Å²) >= 11 is 6.44. The number of ether oxygens (including phenoxy) is 2. The van der Waals surface area contributed by atoms with Crippen molar-refractivity contribution >= 4 is 28.3 Å². The fourth-order valence-electron chi connectivity index (χ4n) is 4.39. The molecule has 2 fully saturated rings. The lowest BCUT2D eigenvalue weighted by atomic mass is 9.83. The number of rotatable bonds is 6. The van der Waals surface area contributed by atoms with Crippen LogP contribution in [0.15, 0.2) is 24.4 Å². The van der Waals surface area contributed by atoms with Gasteiger partial charge in [-0.1, -0.05) is 17.7 Å². The zero-order valence-electron chi connectivity index (χ0n) is 16.3. The third kappa shape index (κ3) is 4.81. The number of benzene rings is 1. The number of Topliss-reactive ketones (excluding diaryl/α,β-unsaturated/α-hetero) is 1. The average molecular weight is 426 g/mol. The van der Waals surface area contributed by atoms with Crippen LogP contribution in [0.5, 0.6) is 0 Å². The van der Waals surface area contributed by atoms with Crippen molar-refractivity contribution in [2.45, 2.75) is 57.1 Å². The van der Waals surface area contributed by atoms with Gasteiger partial charge in [0.1, 0.15) is 0 Å². The van der Waals surface area contributed by atoms with E-state index in [0.29, 0.717) is 62.6 Å². The molecule has 2 aliphatic rings. The maximum atomic E-state index is 13.4. The average Bonchev–Trinajstić information content (AvgIpc) is 3.08. The lowest BCUT2D eigenvalue weighted by molar-refractivity contribution is -0.0932. The van der Waals surface area contributed by atoms with E-state index in [9.17, 15) is 13.6 Å². The SMILES string of the molecule is O=C(CCC1CCC(F)(F)CC1)c1cn(CC2COCCO2)c2cccc(Cl)c12.